The molecule has 1 aromatic heterocycles. The molecule has 0 aliphatic carbocycles. The van der Waals surface area contributed by atoms with Crippen LogP contribution in [-0.4, -0.2) is 31.6 Å². The molecule has 1 fully saturated rings. The lowest BCUT2D eigenvalue weighted by Gasteiger charge is -2.17. The smallest absolute Gasteiger partial charge is 0.406 e. The quantitative estimate of drug-likeness (QED) is 0.691. The maximum atomic E-state index is 12.5. The van der Waals surface area contributed by atoms with E-state index in [1.807, 2.05) is 0 Å². The molecule has 10 heteroatoms. The fourth-order valence-corrected chi connectivity index (χ4v) is 5.27. The molecular formula is C19H18F3N3O3S. The molecule has 1 saturated heterocycles. The SMILES string of the molecule is Cn1c(-c2ccc(N3CCCS3(=O)=O)cc2)c(N)c2ccc(OC(F)(F)F)cc21. The van der Waals surface area contributed by atoms with Crippen molar-refractivity contribution in [3.05, 3.63) is 42.5 Å². The van der Waals surface area contributed by atoms with Crippen LogP contribution in [0.4, 0.5) is 24.5 Å². The highest BCUT2D eigenvalue weighted by atomic mass is 32.2. The number of nitrogens with zero attached hydrogens (tertiary/aromatic N) is 2. The lowest BCUT2D eigenvalue weighted by Crippen LogP contribution is -2.24. The van der Waals surface area contributed by atoms with E-state index in [0.29, 0.717) is 40.9 Å². The Morgan fingerprint density at radius 2 is 1.79 bits per heavy atom. The lowest BCUT2D eigenvalue weighted by molar-refractivity contribution is -0.274. The summed E-state index contributed by atoms with van der Waals surface area (Å²) in [6.07, 6.45) is -4.19. The van der Waals surface area contributed by atoms with Gasteiger partial charge in [0.25, 0.3) is 0 Å². The highest BCUT2D eigenvalue weighted by Gasteiger charge is 2.31. The van der Waals surface area contributed by atoms with Crippen LogP contribution < -0.4 is 14.8 Å². The van der Waals surface area contributed by atoms with Crippen molar-refractivity contribution < 1.29 is 26.3 Å². The molecule has 0 amide bonds. The first-order valence-corrected chi connectivity index (χ1v) is 10.4. The Bertz CT molecular complexity index is 1190. The Morgan fingerprint density at radius 3 is 2.38 bits per heavy atom. The number of aromatic nitrogens is 1. The van der Waals surface area contributed by atoms with Gasteiger partial charge in [-0.2, -0.15) is 0 Å². The average molecular weight is 425 g/mol. The van der Waals surface area contributed by atoms with Crippen LogP contribution in [0.1, 0.15) is 6.42 Å². The zero-order valence-electron chi connectivity index (χ0n) is 15.4. The molecule has 2 N–H and O–H groups in total. The number of ether oxygens (including phenoxy) is 1. The van der Waals surface area contributed by atoms with E-state index >= 15 is 0 Å². The van der Waals surface area contributed by atoms with Crippen LogP contribution in [0.5, 0.6) is 5.75 Å². The molecule has 1 aliphatic rings. The molecule has 154 valence electrons. The molecule has 0 saturated carbocycles. The third-order valence-electron chi connectivity index (χ3n) is 4.97. The van der Waals surface area contributed by atoms with E-state index in [0.717, 1.165) is 5.56 Å². The molecule has 0 radical (unpaired) electrons. The molecule has 0 spiro atoms. The standard InChI is InChI=1S/C19H18F3N3O3S/c1-24-16-11-14(28-19(20,21)22)7-8-15(16)17(23)18(24)12-3-5-13(6-4-12)25-9-2-10-29(25,26)27/h3-8,11H,2,9-10,23H2,1H3. The highest BCUT2D eigenvalue weighted by Crippen LogP contribution is 2.38. The average Bonchev–Trinajstić information content (AvgIpc) is 3.11. The van der Waals surface area contributed by atoms with Crippen molar-refractivity contribution in [2.75, 3.05) is 22.3 Å². The second kappa shape index (κ2) is 6.58. The summed E-state index contributed by atoms with van der Waals surface area (Å²) >= 11 is 0. The maximum absolute atomic E-state index is 12.5. The Hall–Kier alpha value is -2.88. The first-order chi connectivity index (χ1) is 13.6. The van der Waals surface area contributed by atoms with E-state index < -0.39 is 16.4 Å². The number of nitrogens with two attached hydrogens (primary N) is 1. The molecule has 3 aromatic rings. The Morgan fingerprint density at radius 1 is 1.10 bits per heavy atom. The largest absolute Gasteiger partial charge is 0.573 e. The first-order valence-electron chi connectivity index (χ1n) is 8.81. The second-order valence-electron chi connectivity index (χ2n) is 6.84. The van der Waals surface area contributed by atoms with Crippen LogP contribution in [-0.2, 0) is 17.1 Å². The van der Waals surface area contributed by atoms with Crippen LogP contribution in [0.3, 0.4) is 0 Å². The fraction of sp³-hybridized carbons (Fsp3) is 0.263. The number of benzene rings is 2. The van der Waals surface area contributed by atoms with Gasteiger partial charge in [0.05, 0.1) is 28.3 Å². The van der Waals surface area contributed by atoms with Crippen molar-refractivity contribution in [3.8, 4) is 17.0 Å². The van der Waals surface area contributed by atoms with Crippen molar-refractivity contribution in [2.24, 2.45) is 7.05 Å². The Kier molecular flexibility index (Phi) is 4.41. The molecule has 4 rings (SSSR count). The van der Waals surface area contributed by atoms with E-state index in [1.54, 1.807) is 35.9 Å². The number of sulfonamides is 1. The van der Waals surface area contributed by atoms with Crippen molar-refractivity contribution in [1.29, 1.82) is 0 Å². The van der Waals surface area contributed by atoms with Crippen LogP contribution in [0.25, 0.3) is 22.2 Å². The molecule has 2 heterocycles. The van der Waals surface area contributed by atoms with Crippen LogP contribution in [0.15, 0.2) is 42.5 Å². The Labute approximate surface area is 165 Å². The van der Waals surface area contributed by atoms with Crippen LogP contribution >= 0.6 is 0 Å². The minimum atomic E-state index is -4.78. The third-order valence-corrected chi connectivity index (χ3v) is 6.84. The molecule has 0 unspecified atom stereocenters. The zero-order chi connectivity index (χ0) is 21.0. The van der Waals surface area contributed by atoms with Gasteiger partial charge in [0.2, 0.25) is 10.0 Å². The van der Waals surface area contributed by atoms with Crippen LogP contribution in [0.2, 0.25) is 0 Å². The number of hydrogen-bond acceptors (Lipinski definition) is 4. The number of anilines is 2. The molecular weight excluding hydrogens is 407 g/mol. The predicted octanol–water partition coefficient (Wildman–Crippen LogP) is 3.87. The molecule has 1 aliphatic heterocycles. The predicted molar refractivity (Wildman–Crippen MR) is 105 cm³/mol. The number of aryl methyl sites for hydroxylation is 1. The summed E-state index contributed by atoms with van der Waals surface area (Å²) in [5.41, 5.74) is 9.09. The van der Waals surface area contributed by atoms with E-state index in [4.69, 9.17) is 5.73 Å². The molecule has 29 heavy (non-hydrogen) atoms. The normalized spacial score (nSPS) is 16.5. The van der Waals surface area contributed by atoms with Gasteiger partial charge in [0.15, 0.2) is 0 Å². The fourth-order valence-electron chi connectivity index (χ4n) is 3.71. The van der Waals surface area contributed by atoms with Crippen molar-refractivity contribution >= 4 is 32.3 Å². The van der Waals surface area contributed by atoms with Gasteiger partial charge < -0.3 is 15.0 Å². The zero-order valence-corrected chi connectivity index (χ0v) is 16.2. The topological polar surface area (TPSA) is 77.6 Å². The number of halogens is 3. The summed E-state index contributed by atoms with van der Waals surface area (Å²) in [5, 5.41) is 0.600. The van der Waals surface area contributed by atoms with E-state index in [2.05, 4.69) is 4.74 Å². The monoisotopic (exact) mass is 425 g/mol. The third kappa shape index (κ3) is 3.48. The lowest BCUT2D eigenvalue weighted by atomic mass is 10.1. The molecule has 2 aromatic carbocycles. The Balaban J connectivity index is 1.74. The van der Waals surface area contributed by atoms with Gasteiger partial charge >= 0.3 is 6.36 Å². The number of hydrogen-bond donors (Lipinski definition) is 1. The van der Waals surface area contributed by atoms with Crippen molar-refractivity contribution in [3.63, 3.8) is 0 Å². The highest BCUT2D eigenvalue weighted by molar-refractivity contribution is 7.93. The van der Waals surface area contributed by atoms with Crippen molar-refractivity contribution in [1.82, 2.24) is 4.57 Å². The molecule has 0 atom stereocenters. The van der Waals surface area contributed by atoms with Gasteiger partial charge in [-0.3, -0.25) is 4.31 Å². The second-order valence-corrected chi connectivity index (χ2v) is 8.85. The molecule has 0 bridgehead atoms. The van der Waals surface area contributed by atoms with Crippen molar-refractivity contribution in [2.45, 2.75) is 12.8 Å². The first kappa shape index (κ1) is 19.4. The maximum Gasteiger partial charge on any atom is 0.573 e. The summed E-state index contributed by atoms with van der Waals surface area (Å²) in [7, 11) is -1.58. The number of fused-ring (bicyclic) bond motifs is 1. The van der Waals surface area contributed by atoms with Crippen LogP contribution in [0, 0.1) is 0 Å². The number of rotatable bonds is 3. The number of alkyl halides is 3. The number of nitrogen functional groups attached to an aromatic ring is 1. The minimum Gasteiger partial charge on any atom is -0.406 e. The summed E-state index contributed by atoms with van der Waals surface area (Å²) in [6, 6.07) is 10.9. The summed E-state index contributed by atoms with van der Waals surface area (Å²) in [5.74, 6) is -0.195. The summed E-state index contributed by atoms with van der Waals surface area (Å²) < 4.78 is 68.8. The van der Waals surface area contributed by atoms with Gasteiger partial charge in [-0.05, 0) is 30.7 Å². The van der Waals surface area contributed by atoms with Gasteiger partial charge in [-0.15, -0.1) is 13.2 Å². The van der Waals surface area contributed by atoms with E-state index in [1.165, 1.54) is 22.5 Å². The van der Waals surface area contributed by atoms with Gasteiger partial charge in [-0.25, -0.2) is 8.42 Å². The minimum absolute atomic E-state index is 0.132. The summed E-state index contributed by atoms with van der Waals surface area (Å²) in [4.78, 5) is 0. The van der Waals surface area contributed by atoms with Gasteiger partial charge in [0.1, 0.15) is 5.75 Å². The summed E-state index contributed by atoms with van der Waals surface area (Å²) in [6.45, 7) is 0.444. The van der Waals surface area contributed by atoms with E-state index in [9.17, 15) is 21.6 Å². The van der Waals surface area contributed by atoms with Gasteiger partial charge in [0, 0.05) is 30.6 Å². The molecule has 6 nitrogen and oxygen atoms in total. The van der Waals surface area contributed by atoms with E-state index in [-0.39, 0.29) is 11.5 Å². The van der Waals surface area contributed by atoms with Gasteiger partial charge in [-0.1, -0.05) is 12.1 Å².